The maximum atomic E-state index is 2.32. The highest BCUT2D eigenvalue weighted by Crippen LogP contribution is 2.27. The van der Waals surface area contributed by atoms with Gasteiger partial charge in [-0.05, 0) is 55.9 Å². The zero-order valence-corrected chi connectivity index (χ0v) is 13.3. The van der Waals surface area contributed by atoms with E-state index in [4.69, 9.17) is 0 Å². The first-order valence-corrected chi connectivity index (χ1v) is 7.81. The molecular weight excluding hydrogens is 242 g/mol. The van der Waals surface area contributed by atoms with Crippen molar-refractivity contribution in [1.82, 2.24) is 0 Å². The molecule has 20 heavy (non-hydrogen) atoms. The maximum Gasteiger partial charge on any atom is 0.0405 e. The third-order valence-corrected chi connectivity index (χ3v) is 4.34. The summed E-state index contributed by atoms with van der Waals surface area (Å²) in [6.07, 6.45) is 9.35. The molecule has 1 nitrogen and oxygen atoms in total. The van der Waals surface area contributed by atoms with Crippen molar-refractivity contribution in [2.75, 3.05) is 11.9 Å². The van der Waals surface area contributed by atoms with Gasteiger partial charge in [-0.3, -0.25) is 0 Å². The van der Waals surface area contributed by atoms with Gasteiger partial charge < -0.3 is 4.90 Å². The Hall–Kier alpha value is -1.50. The highest BCUT2D eigenvalue weighted by Gasteiger charge is 2.11. The Balaban J connectivity index is 2.10. The molecule has 0 spiro atoms. The van der Waals surface area contributed by atoms with Crippen molar-refractivity contribution in [3.05, 3.63) is 53.3 Å². The molecule has 0 saturated carbocycles. The Morgan fingerprint density at radius 2 is 1.80 bits per heavy atom. The monoisotopic (exact) mass is 269 g/mol. The molecule has 0 N–H and O–H groups in total. The number of nitrogens with zero attached hydrogens (tertiary/aromatic N) is 1. The Morgan fingerprint density at radius 3 is 2.35 bits per heavy atom. The van der Waals surface area contributed by atoms with Crippen LogP contribution in [-0.2, 0) is 0 Å². The topological polar surface area (TPSA) is 3.24 Å². The molecule has 0 bridgehead atoms. The van der Waals surface area contributed by atoms with Gasteiger partial charge in [0.1, 0.15) is 0 Å². The Kier molecular flexibility index (Phi) is 5.05. The Bertz CT molecular complexity index is 493. The molecule has 0 fully saturated rings. The first-order valence-electron chi connectivity index (χ1n) is 7.81. The van der Waals surface area contributed by atoms with E-state index in [1.807, 2.05) is 0 Å². The molecule has 0 aromatic heterocycles. The molecule has 1 aromatic carbocycles. The van der Waals surface area contributed by atoms with Crippen LogP contribution in [0.3, 0.4) is 0 Å². The van der Waals surface area contributed by atoms with Crippen LogP contribution in [0, 0.1) is 0 Å². The molecule has 108 valence electrons. The van der Waals surface area contributed by atoms with Crippen molar-refractivity contribution in [2.45, 2.75) is 52.4 Å². The molecule has 0 radical (unpaired) electrons. The molecule has 0 saturated heterocycles. The Labute approximate surface area is 124 Å². The van der Waals surface area contributed by atoms with Gasteiger partial charge in [0, 0.05) is 18.4 Å². The lowest BCUT2D eigenvalue weighted by atomic mass is 9.96. The minimum absolute atomic E-state index is 0.666. The number of benzene rings is 1. The number of anilines is 1. The molecule has 1 aliphatic carbocycles. The van der Waals surface area contributed by atoms with Gasteiger partial charge in [-0.2, -0.15) is 0 Å². The van der Waals surface area contributed by atoms with Crippen LogP contribution < -0.4 is 4.90 Å². The van der Waals surface area contributed by atoms with Crippen molar-refractivity contribution in [3.63, 3.8) is 0 Å². The molecule has 0 heterocycles. The first-order chi connectivity index (χ1) is 9.61. The van der Waals surface area contributed by atoms with Gasteiger partial charge in [0.25, 0.3) is 0 Å². The van der Waals surface area contributed by atoms with Crippen LogP contribution in [0.25, 0.3) is 0 Å². The molecule has 1 aliphatic rings. The summed E-state index contributed by atoms with van der Waals surface area (Å²) in [5, 5.41) is 0. The van der Waals surface area contributed by atoms with Gasteiger partial charge in [-0.15, -0.1) is 0 Å². The van der Waals surface area contributed by atoms with Crippen molar-refractivity contribution < 1.29 is 0 Å². The molecule has 0 amide bonds. The average Bonchev–Trinajstić information content (AvgIpc) is 2.48. The van der Waals surface area contributed by atoms with E-state index in [2.05, 4.69) is 69.1 Å². The van der Waals surface area contributed by atoms with Crippen molar-refractivity contribution in [2.24, 2.45) is 0 Å². The van der Waals surface area contributed by atoms with Crippen LogP contribution in [-0.4, -0.2) is 7.05 Å². The minimum atomic E-state index is 0.666. The molecule has 1 aromatic rings. The van der Waals surface area contributed by atoms with Crippen molar-refractivity contribution >= 4 is 5.69 Å². The van der Waals surface area contributed by atoms with Crippen LogP contribution in [0.1, 0.15) is 57.9 Å². The number of hydrogen-bond donors (Lipinski definition) is 0. The van der Waals surface area contributed by atoms with E-state index in [0.29, 0.717) is 5.92 Å². The summed E-state index contributed by atoms with van der Waals surface area (Å²) in [5.74, 6) is 0.666. The third-order valence-electron chi connectivity index (χ3n) is 4.34. The van der Waals surface area contributed by atoms with Crippen molar-refractivity contribution in [1.29, 1.82) is 0 Å². The fourth-order valence-electron chi connectivity index (χ4n) is 2.80. The van der Waals surface area contributed by atoms with Gasteiger partial charge >= 0.3 is 0 Å². The highest BCUT2D eigenvalue weighted by molar-refractivity contribution is 5.53. The second-order valence-corrected chi connectivity index (χ2v) is 6.01. The second kappa shape index (κ2) is 6.78. The second-order valence-electron chi connectivity index (χ2n) is 6.01. The fourth-order valence-corrected chi connectivity index (χ4v) is 2.80. The van der Waals surface area contributed by atoms with Gasteiger partial charge in [0.15, 0.2) is 0 Å². The molecule has 0 aliphatic heterocycles. The summed E-state index contributed by atoms with van der Waals surface area (Å²) in [5.41, 5.74) is 5.63. The van der Waals surface area contributed by atoms with Crippen LogP contribution in [0.2, 0.25) is 0 Å². The van der Waals surface area contributed by atoms with Crippen molar-refractivity contribution in [3.8, 4) is 0 Å². The van der Waals surface area contributed by atoms with E-state index in [-0.39, 0.29) is 0 Å². The lowest BCUT2D eigenvalue weighted by Crippen LogP contribution is -2.17. The lowest BCUT2D eigenvalue weighted by molar-refractivity contribution is 0.665. The van der Waals surface area contributed by atoms with Crippen LogP contribution in [0.4, 0.5) is 5.69 Å². The number of hydrogen-bond acceptors (Lipinski definition) is 1. The lowest BCUT2D eigenvalue weighted by Gasteiger charge is -2.25. The summed E-state index contributed by atoms with van der Waals surface area (Å²) >= 11 is 0. The van der Waals surface area contributed by atoms with Crippen LogP contribution in [0.15, 0.2) is 47.7 Å². The summed E-state index contributed by atoms with van der Waals surface area (Å²) in [4.78, 5) is 2.32. The van der Waals surface area contributed by atoms with Gasteiger partial charge in [0.05, 0.1) is 0 Å². The number of allylic oxidation sites excluding steroid dienone is 4. The quantitative estimate of drug-likeness (QED) is 0.667. The van der Waals surface area contributed by atoms with Gasteiger partial charge in [-0.25, -0.2) is 0 Å². The summed E-state index contributed by atoms with van der Waals surface area (Å²) in [7, 11) is 2.17. The van der Waals surface area contributed by atoms with Gasteiger partial charge in [-0.1, -0.05) is 44.1 Å². The van der Waals surface area contributed by atoms with E-state index in [0.717, 1.165) is 6.42 Å². The first kappa shape index (κ1) is 14.9. The van der Waals surface area contributed by atoms with Crippen LogP contribution in [0.5, 0.6) is 0 Å². The van der Waals surface area contributed by atoms with E-state index in [9.17, 15) is 0 Å². The van der Waals surface area contributed by atoms with E-state index < -0.39 is 0 Å². The predicted molar refractivity (Wildman–Crippen MR) is 89.2 cm³/mol. The summed E-state index contributed by atoms with van der Waals surface area (Å²) in [6, 6.07) is 9.09. The molecule has 1 heteroatoms. The highest BCUT2D eigenvalue weighted by atomic mass is 15.1. The van der Waals surface area contributed by atoms with Gasteiger partial charge in [0.2, 0.25) is 0 Å². The molecular formula is C19H27N. The standard InChI is InChI=1S/C19H27N/c1-5-6-16(3)17-9-13-19(14-10-17)20(4)18-11-7-15(2)8-12-18/h7,9-11,13-14,16H,5-6,8,12H2,1-4H3. The fraction of sp³-hybridized carbons (Fsp3) is 0.474. The maximum absolute atomic E-state index is 2.32. The van der Waals surface area contributed by atoms with E-state index in [1.165, 1.54) is 41.8 Å². The molecule has 1 unspecified atom stereocenters. The molecule has 1 atom stereocenters. The predicted octanol–water partition coefficient (Wildman–Crippen LogP) is 5.65. The van der Waals surface area contributed by atoms with E-state index in [1.54, 1.807) is 0 Å². The largest absolute Gasteiger partial charge is 0.348 e. The van der Waals surface area contributed by atoms with Crippen LogP contribution >= 0.6 is 0 Å². The number of rotatable bonds is 5. The molecule has 2 rings (SSSR count). The Morgan fingerprint density at radius 1 is 1.10 bits per heavy atom. The third kappa shape index (κ3) is 3.53. The smallest absolute Gasteiger partial charge is 0.0405 e. The zero-order chi connectivity index (χ0) is 14.5. The average molecular weight is 269 g/mol. The summed E-state index contributed by atoms with van der Waals surface area (Å²) in [6.45, 7) is 6.78. The van der Waals surface area contributed by atoms with E-state index >= 15 is 0 Å². The normalized spacial score (nSPS) is 16.4. The SMILES string of the molecule is CCCC(C)c1ccc(N(C)C2=CC=C(C)CC2)cc1. The zero-order valence-electron chi connectivity index (χ0n) is 13.3. The minimum Gasteiger partial charge on any atom is -0.348 e. The summed E-state index contributed by atoms with van der Waals surface area (Å²) < 4.78 is 0.